The average molecular weight is 668 g/mol. The van der Waals surface area contributed by atoms with Crippen molar-refractivity contribution in [3.63, 3.8) is 0 Å². The molecule has 1 fully saturated rings. The minimum absolute atomic E-state index is 0.0199. The van der Waals surface area contributed by atoms with Crippen molar-refractivity contribution in [3.05, 3.63) is 119 Å². The number of nitrogens with zero attached hydrogens (tertiary/aromatic N) is 3. The first-order chi connectivity index (χ1) is 24.3. The van der Waals surface area contributed by atoms with Gasteiger partial charge in [-0.2, -0.15) is 0 Å². The molecule has 51 heavy (non-hydrogen) atoms. The molecule has 1 aliphatic carbocycles. The third-order valence-electron chi connectivity index (χ3n) is 14.8. The Kier molecular flexibility index (Phi) is 6.08. The van der Waals surface area contributed by atoms with Gasteiger partial charge in [0.25, 0.3) is 6.71 Å². The van der Waals surface area contributed by atoms with E-state index in [0.717, 1.165) is 0 Å². The Bertz CT molecular complexity index is 2250. The van der Waals surface area contributed by atoms with E-state index in [4.69, 9.17) is 0 Å². The van der Waals surface area contributed by atoms with Gasteiger partial charge in [-0.05, 0) is 118 Å². The summed E-state index contributed by atoms with van der Waals surface area (Å²) >= 11 is 0. The minimum Gasteiger partial charge on any atom is -0.335 e. The summed E-state index contributed by atoms with van der Waals surface area (Å²) in [5, 5.41) is 0. The lowest BCUT2D eigenvalue weighted by atomic mass is 9.33. The van der Waals surface area contributed by atoms with Gasteiger partial charge in [-0.3, -0.25) is 0 Å². The third kappa shape index (κ3) is 3.72. The molecule has 0 radical (unpaired) electrons. The van der Waals surface area contributed by atoms with Gasteiger partial charge in [0.15, 0.2) is 0 Å². The molecule has 4 heteroatoms. The molecule has 1 saturated carbocycles. The minimum atomic E-state index is -0.145. The van der Waals surface area contributed by atoms with Crippen LogP contribution in [0.15, 0.2) is 91.0 Å². The first-order valence-corrected chi connectivity index (χ1v) is 19.3. The van der Waals surface area contributed by atoms with Crippen LogP contribution in [0.1, 0.15) is 95.0 Å². The van der Waals surface area contributed by atoms with E-state index in [1.807, 2.05) is 0 Å². The summed E-state index contributed by atoms with van der Waals surface area (Å²) in [6.07, 6.45) is 5.00. The second-order valence-electron chi connectivity index (χ2n) is 18.0. The Hall–Kier alpha value is -4.44. The van der Waals surface area contributed by atoms with Crippen LogP contribution in [0, 0.1) is 20.8 Å². The molecule has 5 aliphatic rings. The fourth-order valence-electron chi connectivity index (χ4n) is 11.2. The molecule has 0 bridgehead atoms. The van der Waals surface area contributed by atoms with E-state index in [1.54, 1.807) is 5.56 Å². The van der Waals surface area contributed by atoms with Gasteiger partial charge in [-0.1, -0.05) is 105 Å². The lowest BCUT2D eigenvalue weighted by molar-refractivity contribution is 0.195. The molecule has 2 atom stereocenters. The standard InChI is InChI=1S/C47H50BN3/c1-29-15-19-32(20-16-29)49(33-21-17-30(2)18-22-33)34-27-39-41-40(28-34)51-43-36(46(8)23-10-11-24-47(46,51)9)25-31(3)26-38(43)48(41)37-14-12-13-35-42(37)50(39)45(6,7)44(35,4)5/h12-22,25-28H,10-11,23-24H2,1-9H3. The van der Waals surface area contributed by atoms with E-state index in [0.29, 0.717) is 0 Å². The maximum atomic E-state index is 2.88. The molecular weight excluding hydrogens is 617 g/mol. The summed E-state index contributed by atoms with van der Waals surface area (Å²) in [5.41, 5.74) is 20.6. The Labute approximate surface area is 305 Å². The molecular formula is C47H50BN3. The van der Waals surface area contributed by atoms with Gasteiger partial charge in [0.1, 0.15) is 0 Å². The lowest BCUT2D eigenvalue weighted by Crippen LogP contribution is -2.66. The number of anilines is 7. The van der Waals surface area contributed by atoms with Crippen molar-refractivity contribution in [1.29, 1.82) is 0 Å². The molecule has 0 saturated heterocycles. The first kappa shape index (κ1) is 31.3. The van der Waals surface area contributed by atoms with Crippen molar-refractivity contribution in [3.8, 4) is 0 Å². The molecule has 256 valence electrons. The van der Waals surface area contributed by atoms with Crippen LogP contribution in [0.25, 0.3) is 0 Å². The smallest absolute Gasteiger partial charge is 0.252 e. The van der Waals surface area contributed by atoms with Crippen LogP contribution in [0.4, 0.5) is 39.8 Å². The largest absolute Gasteiger partial charge is 0.335 e. The second kappa shape index (κ2) is 9.91. The number of fused-ring (bicyclic) bond motifs is 7. The van der Waals surface area contributed by atoms with Crippen molar-refractivity contribution in [1.82, 2.24) is 0 Å². The third-order valence-corrected chi connectivity index (χ3v) is 14.8. The summed E-state index contributed by atoms with van der Waals surface area (Å²) < 4.78 is 0. The van der Waals surface area contributed by atoms with E-state index < -0.39 is 0 Å². The number of aryl methyl sites for hydroxylation is 3. The zero-order valence-electron chi connectivity index (χ0n) is 31.9. The van der Waals surface area contributed by atoms with Crippen molar-refractivity contribution < 1.29 is 0 Å². The first-order valence-electron chi connectivity index (χ1n) is 19.3. The van der Waals surface area contributed by atoms with Gasteiger partial charge in [-0.25, -0.2) is 0 Å². The molecule has 0 aromatic heterocycles. The van der Waals surface area contributed by atoms with Crippen LogP contribution < -0.4 is 31.1 Å². The molecule has 5 aromatic rings. The van der Waals surface area contributed by atoms with Gasteiger partial charge in [0, 0.05) is 50.5 Å². The maximum absolute atomic E-state index is 2.88. The SMILES string of the molecule is Cc1ccc(N(c2ccc(C)cc2)c2cc3c4c(c2)N2c5c(cc(C)cc5C5(C)CCCCC25C)B4c2cccc4c2N3C(C)(C)C4(C)C)cc1. The van der Waals surface area contributed by atoms with Crippen LogP contribution in [-0.4, -0.2) is 17.8 Å². The molecule has 0 amide bonds. The predicted octanol–water partition coefficient (Wildman–Crippen LogP) is 10.2. The van der Waals surface area contributed by atoms with E-state index in [-0.39, 0.29) is 28.6 Å². The summed E-state index contributed by atoms with van der Waals surface area (Å²) in [7, 11) is 0. The van der Waals surface area contributed by atoms with Gasteiger partial charge >= 0.3 is 0 Å². The highest BCUT2D eigenvalue weighted by molar-refractivity contribution is 7.00. The van der Waals surface area contributed by atoms with Crippen molar-refractivity contribution in [2.24, 2.45) is 0 Å². The summed E-state index contributed by atoms with van der Waals surface area (Å²) in [6, 6.07) is 35.6. The Morgan fingerprint density at radius 1 is 0.569 bits per heavy atom. The Morgan fingerprint density at radius 3 is 1.80 bits per heavy atom. The number of para-hydroxylation sites is 1. The lowest BCUT2D eigenvalue weighted by Gasteiger charge is -2.53. The van der Waals surface area contributed by atoms with Gasteiger partial charge < -0.3 is 14.7 Å². The highest BCUT2D eigenvalue weighted by atomic mass is 15.3. The van der Waals surface area contributed by atoms with E-state index in [1.165, 1.54) is 104 Å². The molecule has 4 heterocycles. The molecule has 5 aromatic carbocycles. The van der Waals surface area contributed by atoms with Gasteiger partial charge in [0.05, 0.1) is 11.2 Å². The van der Waals surface area contributed by atoms with Crippen LogP contribution in [0.2, 0.25) is 0 Å². The van der Waals surface area contributed by atoms with Crippen LogP contribution in [-0.2, 0) is 10.8 Å². The number of benzene rings is 5. The molecule has 2 unspecified atom stereocenters. The van der Waals surface area contributed by atoms with Crippen LogP contribution in [0.5, 0.6) is 0 Å². The van der Waals surface area contributed by atoms with Crippen molar-refractivity contribution in [2.75, 3.05) is 14.7 Å². The van der Waals surface area contributed by atoms with E-state index in [2.05, 4.69) is 168 Å². The summed E-state index contributed by atoms with van der Waals surface area (Å²) in [5.74, 6) is 0. The fourth-order valence-corrected chi connectivity index (χ4v) is 11.2. The number of rotatable bonds is 3. The average Bonchev–Trinajstić information content (AvgIpc) is 3.40. The number of hydrogen-bond acceptors (Lipinski definition) is 3. The highest BCUT2D eigenvalue weighted by Gasteiger charge is 2.63. The Balaban J connectivity index is 1.35. The molecule has 10 rings (SSSR count). The predicted molar refractivity (Wildman–Crippen MR) is 218 cm³/mol. The quantitative estimate of drug-likeness (QED) is 0.177. The molecule has 0 spiro atoms. The molecule has 3 nitrogen and oxygen atoms in total. The Morgan fingerprint density at radius 2 is 1.16 bits per heavy atom. The van der Waals surface area contributed by atoms with Crippen molar-refractivity contribution in [2.45, 2.75) is 110 Å². The van der Waals surface area contributed by atoms with E-state index in [9.17, 15) is 0 Å². The van der Waals surface area contributed by atoms with E-state index >= 15 is 0 Å². The zero-order valence-corrected chi connectivity index (χ0v) is 31.9. The normalized spacial score (nSPS) is 23.8. The highest BCUT2D eigenvalue weighted by Crippen LogP contribution is 2.63. The maximum Gasteiger partial charge on any atom is 0.252 e. The van der Waals surface area contributed by atoms with Crippen LogP contribution >= 0.6 is 0 Å². The fraction of sp³-hybridized carbons (Fsp3) is 0.362. The topological polar surface area (TPSA) is 9.72 Å². The molecule has 4 aliphatic heterocycles. The summed E-state index contributed by atoms with van der Waals surface area (Å²) in [4.78, 5) is 8.14. The van der Waals surface area contributed by atoms with Crippen molar-refractivity contribution >= 4 is 62.9 Å². The van der Waals surface area contributed by atoms with Gasteiger partial charge in [0.2, 0.25) is 0 Å². The zero-order chi connectivity index (χ0) is 35.4. The summed E-state index contributed by atoms with van der Waals surface area (Å²) in [6.45, 7) is 21.9. The molecule has 0 N–H and O–H groups in total. The van der Waals surface area contributed by atoms with Gasteiger partial charge in [-0.15, -0.1) is 0 Å². The monoisotopic (exact) mass is 667 g/mol. The van der Waals surface area contributed by atoms with Crippen LogP contribution in [0.3, 0.4) is 0 Å². The number of hydrogen-bond donors (Lipinski definition) is 0. The second-order valence-corrected chi connectivity index (χ2v) is 18.0.